The van der Waals surface area contributed by atoms with E-state index in [4.69, 9.17) is 21.2 Å². The molecule has 2 heterocycles. The molecule has 1 fully saturated rings. The molecule has 1 aliphatic heterocycles. The number of benzene rings is 1. The number of ether oxygens (including phenoxy) is 1. The molecule has 2 aromatic rings. The van der Waals surface area contributed by atoms with Crippen molar-refractivity contribution in [3.63, 3.8) is 0 Å². The van der Waals surface area contributed by atoms with Crippen LogP contribution in [0.2, 0.25) is 0 Å². The molecule has 1 aromatic heterocycles. The lowest BCUT2D eigenvalue weighted by molar-refractivity contribution is -0.384. The van der Waals surface area contributed by atoms with Crippen LogP contribution >= 0.6 is 22.9 Å². The van der Waals surface area contributed by atoms with Gasteiger partial charge in [-0.05, 0) is 31.5 Å². The molecule has 1 aromatic carbocycles. The van der Waals surface area contributed by atoms with E-state index in [1.54, 1.807) is 0 Å². The second-order valence-corrected chi connectivity index (χ2v) is 12.2. The predicted octanol–water partition coefficient (Wildman–Crippen LogP) is 0.106. The zero-order valence-electron chi connectivity index (χ0n) is 24.1. The number of alkyl halides is 1. The van der Waals surface area contributed by atoms with Gasteiger partial charge in [-0.15, -0.1) is 22.9 Å². The van der Waals surface area contributed by atoms with E-state index in [0.29, 0.717) is 5.56 Å². The lowest BCUT2D eigenvalue weighted by Crippen LogP contribution is -2.74. The summed E-state index contributed by atoms with van der Waals surface area (Å²) in [6.45, 7) is 2.86. The standard InChI is InChI=1S/C24H26ClN7O12S2/c1-12(33)26-9-16-19(21(36)31(16)46(40,41)42)29-20(35)18(15-11-45-23(27-15)28-17(34)8-25)30-44-24(2,3)22(37)43-10-13-4-6-14(7-5-13)32(38)39/h4-7,11,16,19H,8-10H2,1-3H3,(H,26,33)(H,29,35)(H,27,28,34)(H,40,41,42)/b30-18-/t16-,19+/m0/s1. The molecule has 4 amide bonds. The van der Waals surface area contributed by atoms with Gasteiger partial charge in [0.1, 0.15) is 24.2 Å². The van der Waals surface area contributed by atoms with Crippen LogP contribution in [0.3, 0.4) is 0 Å². The highest BCUT2D eigenvalue weighted by Gasteiger charge is 2.54. The van der Waals surface area contributed by atoms with Gasteiger partial charge < -0.3 is 25.5 Å². The van der Waals surface area contributed by atoms with Crippen molar-refractivity contribution in [2.24, 2.45) is 5.16 Å². The molecule has 22 heteroatoms. The van der Waals surface area contributed by atoms with Crippen LogP contribution in [0.25, 0.3) is 0 Å². The SMILES string of the molecule is CC(=O)NC[C@H]1[C@@H](NC(=O)/C(=N\OC(C)(C)C(=O)OCc2ccc([N+](=O)[O-])cc2)c2csc(NC(=O)CCl)n2)C(=O)N1S(=O)(=O)O. The summed E-state index contributed by atoms with van der Waals surface area (Å²) in [5.74, 6) is -4.96. The van der Waals surface area contributed by atoms with Gasteiger partial charge in [-0.2, -0.15) is 8.42 Å². The van der Waals surface area contributed by atoms with Crippen molar-refractivity contribution in [1.82, 2.24) is 19.9 Å². The van der Waals surface area contributed by atoms with Crippen molar-refractivity contribution >= 4 is 79.4 Å². The Kier molecular flexibility index (Phi) is 11.3. The van der Waals surface area contributed by atoms with Gasteiger partial charge in [0.2, 0.25) is 17.4 Å². The number of β-lactam (4-membered cyclic amide) rings is 1. The smallest absolute Gasteiger partial charge is 0.362 e. The number of nitrogens with one attached hydrogen (secondary N) is 3. The largest absolute Gasteiger partial charge is 0.458 e. The fourth-order valence-corrected chi connectivity index (χ4v) is 5.31. The fourth-order valence-electron chi connectivity index (χ4n) is 3.65. The number of thiazole rings is 1. The summed E-state index contributed by atoms with van der Waals surface area (Å²) >= 11 is 6.35. The number of oxime groups is 1. The van der Waals surface area contributed by atoms with E-state index in [-0.39, 0.29) is 27.4 Å². The van der Waals surface area contributed by atoms with Gasteiger partial charge >= 0.3 is 16.3 Å². The molecule has 0 radical (unpaired) electrons. The molecule has 0 spiro atoms. The Balaban J connectivity index is 1.84. The van der Waals surface area contributed by atoms with Crippen molar-refractivity contribution in [2.75, 3.05) is 17.7 Å². The van der Waals surface area contributed by atoms with Crippen LogP contribution in [0.1, 0.15) is 32.0 Å². The summed E-state index contributed by atoms with van der Waals surface area (Å²) in [7, 11) is -5.05. The third kappa shape index (κ3) is 8.93. The molecule has 2 atom stereocenters. The topological polar surface area (TPSA) is 266 Å². The Hall–Kier alpha value is -4.73. The lowest BCUT2D eigenvalue weighted by Gasteiger charge is -2.44. The van der Waals surface area contributed by atoms with Crippen molar-refractivity contribution in [3.8, 4) is 0 Å². The van der Waals surface area contributed by atoms with E-state index in [0.717, 1.165) is 18.3 Å². The summed E-state index contributed by atoms with van der Waals surface area (Å²) in [5, 5.41) is 22.8. The lowest BCUT2D eigenvalue weighted by atomic mass is 9.98. The Labute approximate surface area is 269 Å². The number of hydrogen-bond acceptors (Lipinski definition) is 14. The highest BCUT2D eigenvalue weighted by molar-refractivity contribution is 7.84. The Morgan fingerprint density at radius 3 is 2.46 bits per heavy atom. The normalized spacial score (nSPS) is 16.6. The number of aromatic nitrogens is 1. The van der Waals surface area contributed by atoms with E-state index in [1.807, 2.05) is 0 Å². The number of carbonyl (C=O) groups is 5. The van der Waals surface area contributed by atoms with Gasteiger partial charge in [0.05, 0.1) is 11.0 Å². The maximum atomic E-state index is 13.4. The Morgan fingerprint density at radius 1 is 1.24 bits per heavy atom. The minimum atomic E-state index is -5.05. The van der Waals surface area contributed by atoms with E-state index in [1.165, 1.54) is 43.5 Å². The highest BCUT2D eigenvalue weighted by atomic mass is 35.5. The number of rotatable bonds is 14. The van der Waals surface area contributed by atoms with Crippen LogP contribution in [0.15, 0.2) is 34.8 Å². The molecule has 1 saturated heterocycles. The third-order valence-corrected chi connectivity index (χ3v) is 7.92. The van der Waals surface area contributed by atoms with Crippen LogP contribution in [-0.4, -0.2) is 92.6 Å². The van der Waals surface area contributed by atoms with Gasteiger partial charge in [0.25, 0.3) is 17.5 Å². The Bertz CT molecular complexity index is 1680. The summed E-state index contributed by atoms with van der Waals surface area (Å²) in [6.07, 6.45) is 0. The van der Waals surface area contributed by atoms with Gasteiger partial charge in [-0.1, -0.05) is 5.16 Å². The average molecular weight is 704 g/mol. The molecule has 3 rings (SSSR count). The van der Waals surface area contributed by atoms with Crippen molar-refractivity contribution in [3.05, 3.63) is 51.0 Å². The molecule has 0 saturated carbocycles. The molecule has 248 valence electrons. The first-order chi connectivity index (χ1) is 21.4. The number of anilines is 1. The second kappa shape index (κ2) is 14.6. The van der Waals surface area contributed by atoms with Crippen LogP contribution < -0.4 is 16.0 Å². The number of esters is 1. The summed E-state index contributed by atoms with van der Waals surface area (Å²) in [6, 6.07) is 2.22. The molecule has 0 unspecified atom stereocenters. The van der Waals surface area contributed by atoms with E-state index >= 15 is 0 Å². The van der Waals surface area contributed by atoms with E-state index < -0.39 is 80.6 Å². The molecule has 0 bridgehead atoms. The first-order valence-electron chi connectivity index (χ1n) is 12.8. The second-order valence-electron chi connectivity index (χ2n) is 9.83. The number of halogens is 1. The van der Waals surface area contributed by atoms with Gasteiger partial charge in [-0.3, -0.25) is 33.8 Å². The van der Waals surface area contributed by atoms with Crippen LogP contribution in [-0.2, 0) is 50.5 Å². The number of hydrogen-bond donors (Lipinski definition) is 4. The molecular formula is C24H26ClN7O12S2. The number of carbonyl (C=O) groups excluding carboxylic acids is 5. The predicted molar refractivity (Wildman–Crippen MR) is 159 cm³/mol. The molecule has 19 nitrogen and oxygen atoms in total. The monoisotopic (exact) mass is 703 g/mol. The first kappa shape index (κ1) is 35.7. The summed E-state index contributed by atoms with van der Waals surface area (Å²) < 4.78 is 38.2. The number of nitrogens with zero attached hydrogens (tertiary/aromatic N) is 4. The number of nitro groups is 1. The number of non-ortho nitro benzene ring substituents is 1. The highest BCUT2D eigenvalue weighted by Crippen LogP contribution is 2.24. The zero-order chi connectivity index (χ0) is 34.4. The van der Waals surface area contributed by atoms with Gasteiger partial charge in [0.15, 0.2) is 10.8 Å². The van der Waals surface area contributed by atoms with Crippen molar-refractivity contribution < 1.29 is 51.4 Å². The van der Waals surface area contributed by atoms with Gasteiger partial charge in [0, 0.05) is 31.0 Å². The third-order valence-electron chi connectivity index (χ3n) is 5.97. The molecule has 4 N–H and O–H groups in total. The first-order valence-corrected chi connectivity index (χ1v) is 15.6. The van der Waals surface area contributed by atoms with Crippen LogP contribution in [0.4, 0.5) is 10.8 Å². The van der Waals surface area contributed by atoms with Crippen LogP contribution in [0, 0.1) is 10.1 Å². The molecule has 1 aliphatic rings. The summed E-state index contributed by atoms with van der Waals surface area (Å²) in [4.78, 5) is 81.5. The van der Waals surface area contributed by atoms with Crippen LogP contribution in [0.5, 0.6) is 0 Å². The van der Waals surface area contributed by atoms with Gasteiger partial charge in [-0.25, -0.2) is 14.1 Å². The molecule has 46 heavy (non-hydrogen) atoms. The Morgan fingerprint density at radius 2 is 1.89 bits per heavy atom. The van der Waals surface area contributed by atoms with E-state index in [9.17, 15) is 47.1 Å². The number of amides is 4. The zero-order valence-corrected chi connectivity index (χ0v) is 26.5. The van der Waals surface area contributed by atoms with E-state index in [2.05, 4.69) is 26.1 Å². The minimum Gasteiger partial charge on any atom is -0.458 e. The molecule has 0 aliphatic carbocycles. The number of nitro benzene ring substituents is 1. The van der Waals surface area contributed by atoms with Crippen molar-refractivity contribution in [2.45, 2.75) is 45.1 Å². The minimum absolute atomic E-state index is 0.0104. The van der Waals surface area contributed by atoms with Crippen molar-refractivity contribution in [1.29, 1.82) is 0 Å². The summed E-state index contributed by atoms with van der Waals surface area (Å²) in [5.41, 5.74) is -2.43. The maximum absolute atomic E-state index is 13.4. The average Bonchev–Trinajstić information content (AvgIpc) is 3.43. The quantitative estimate of drug-likeness (QED) is 0.0387. The maximum Gasteiger partial charge on any atom is 0.362 e. The molecular weight excluding hydrogens is 678 g/mol. The fraction of sp³-hybridized carbons (Fsp3) is 0.375.